The number of tetrazole rings is 1. The normalized spacial score (nSPS) is 11.2. The summed E-state index contributed by atoms with van der Waals surface area (Å²) in [6.07, 6.45) is 0. The predicted octanol–water partition coefficient (Wildman–Crippen LogP) is 3.12. The zero-order valence-corrected chi connectivity index (χ0v) is 17.7. The third-order valence-electron chi connectivity index (χ3n) is 4.57. The van der Waals surface area contributed by atoms with Gasteiger partial charge in [-0.25, -0.2) is 4.79 Å². The third-order valence-corrected chi connectivity index (χ3v) is 4.93. The molecule has 9 heteroatoms. The van der Waals surface area contributed by atoms with Crippen LogP contribution < -0.4 is 5.32 Å². The summed E-state index contributed by atoms with van der Waals surface area (Å²) in [4.78, 5) is 25.6. The number of halogens is 1. The largest absolute Gasteiger partial charge is 0.465 e. The molecule has 3 aromatic rings. The highest BCUT2D eigenvalue weighted by atomic mass is 35.5. The standard InChI is InChI=1S/C21H22ClN5O3/c1-21(2,20(29)23-12-16-6-4-5-7-17(16)22)13-27-25-18(24-26-27)14-8-10-15(11-9-14)19(28)30-3/h4-11H,12-13H2,1-3H3,(H,23,29). The van der Waals surface area contributed by atoms with Crippen molar-refractivity contribution in [3.05, 3.63) is 64.7 Å². The van der Waals surface area contributed by atoms with Gasteiger partial charge in [0.05, 0.1) is 24.6 Å². The minimum atomic E-state index is -0.770. The van der Waals surface area contributed by atoms with Crippen molar-refractivity contribution in [1.82, 2.24) is 25.5 Å². The molecule has 0 saturated carbocycles. The van der Waals surface area contributed by atoms with Crippen LogP contribution in [0.3, 0.4) is 0 Å². The van der Waals surface area contributed by atoms with E-state index in [1.165, 1.54) is 11.9 Å². The average molecular weight is 428 g/mol. The van der Waals surface area contributed by atoms with Gasteiger partial charge in [-0.3, -0.25) is 4.79 Å². The Morgan fingerprint density at radius 2 is 1.83 bits per heavy atom. The van der Waals surface area contributed by atoms with E-state index in [-0.39, 0.29) is 12.5 Å². The summed E-state index contributed by atoms with van der Waals surface area (Å²) in [7, 11) is 1.33. The van der Waals surface area contributed by atoms with Crippen molar-refractivity contribution in [3.63, 3.8) is 0 Å². The van der Waals surface area contributed by atoms with Crippen LogP contribution >= 0.6 is 11.6 Å². The van der Waals surface area contributed by atoms with E-state index in [0.29, 0.717) is 28.5 Å². The number of carbonyl (C=O) groups is 2. The first-order chi connectivity index (χ1) is 14.3. The fraction of sp³-hybridized carbons (Fsp3) is 0.286. The first-order valence-electron chi connectivity index (χ1n) is 9.28. The number of methoxy groups -OCH3 is 1. The van der Waals surface area contributed by atoms with E-state index in [9.17, 15) is 9.59 Å². The van der Waals surface area contributed by atoms with Crippen molar-refractivity contribution in [2.75, 3.05) is 7.11 Å². The van der Waals surface area contributed by atoms with Crippen LogP contribution in [0.2, 0.25) is 5.02 Å². The highest BCUT2D eigenvalue weighted by Gasteiger charge is 2.29. The summed E-state index contributed by atoms with van der Waals surface area (Å²) in [5.74, 6) is -0.162. The molecule has 1 N–H and O–H groups in total. The molecular formula is C21H22ClN5O3. The number of rotatable bonds is 7. The van der Waals surface area contributed by atoms with Crippen LogP contribution in [0, 0.1) is 5.41 Å². The lowest BCUT2D eigenvalue weighted by atomic mass is 9.92. The van der Waals surface area contributed by atoms with Gasteiger partial charge in [-0.15, -0.1) is 10.2 Å². The Bertz CT molecular complexity index is 1050. The molecule has 0 bridgehead atoms. The van der Waals surface area contributed by atoms with E-state index in [0.717, 1.165) is 5.56 Å². The zero-order valence-electron chi connectivity index (χ0n) is 16.9. The fourth-order valence-corrected chi connectivity index (χ4v) is 2.98. The third kappa shape index (κ3) is 5.01. The lowest BCUT2D eigenvalue weighted by Gasteiger charge is -2.22. The highest BCUT2D eigenvalue weighted by Crippen LogP contribution is 2.21. The molecule has 0 aliphatic heterocycles. The number of aromatic nitrogens is 4. The zero-order chi connectivity index (χ0) is 21.7. The van der Waals surface area contributed by atoms with E-state index in [1.807, 2.05) is 32.0 Å². The van der Waals surface area contributed by atoms with Crippen LogP contribution in [-0.2, 0) is 22.6 Å². The van der Waals surface area contributed by atoms with Gasteiger partial charge in [0.2, 0.25) is 11.7 Å². The molecule has 1 heterocycles. The Labute approximate surface area is 179 Å². The Kier molecular flexibility index (Phi) is 6.47. The number of carbonyl (C=O) groups excluding carboxylic acids is 2. The summed E-state index contributed by atoms with van der Waals surface area (Å²) in [6, 6.07) is 14.1. The predicted molar refractivity (Wildman–Crippen MR) is 112 cm³/mol. The first-order valence-corrected chi connectivity index (χ1v) is 9.66. The summed E-state index contributed by atoms with van der Waals surface area (Å²) in [5, 5.41) is 16.0. The molecule has 0 aliphatic carbocycles. The number of hydrogen-bond acceptors (Lipinski definition) is 6. The van der Waals surface area contributed by atoms with Crippen LogP contribution in [0.5, 0.6) is 0 Å². The van der Waals surface area contributed by atoms with Crippen LogP contribution in [0.1, 0.15) is 29.8 Å². The quantitative estimate of drug-likeness (QED) is 0.581. The Balaban J connectivity index is 1.64. The van der Waals surface area contributed by atoms with E-state index in [1.54, 1.807) is 30.3 Å². The summed E-state index contributed by atoms with van der Waals surface area (Å²) < 4.78 is 4.69. The van der Waals surface area contributed by atoms with Gasteiger partial charge in [-0.2, -0.15) is 4.80 Å². The van der Waals surface area contributed by atoms with Crippen molar-refractivity contribution < 1.29 is 14.3 Å². The number of benzene rings is 2. The van der Waals surface area contributed by atoms with E-state index in [2.05, 4.69) is 25.5 Å². The fourth-order valence-electron chi connectivity index (χ4n) is 2.78. The highest BCUT2D eigenvalue weighted by molar-refractivity contribution is 6.31. The molecule has 30 heavy (non-hydrogen) atoms. The molecule has 1 aromatic heterocycles. The van der Waals surface area contributed by atoms with Crippen LogP contribution in [0.15, 0.2) is 48.5 Å². The second-order valence-corrected chi connectivity index (χ2v) is 7.78. The summed E-state index contributed by atoms with van der Waals surface area (Å²) >= 11 is 6.14. The van der Waals surface area contributed by atoms with Gasteiger partial charge in [0.15, 0.2) is 0 Å². The topological polar surface area (TPSA) is 99.0 Å². The van der Waals surface area contributed by atoms with Crippen molar-refractivity contribution in [2.45, 2.75) is 26.9 Å². The van der Waals surface area contributed by atoms with Crippen molar-refractivity contribution in [3.8, 4) is 11.4 Å². The van der Waals surface area contributed by atoms with Gasteiger partial charge in [0.1, 0.15) is 0 Å². The van der Waals surface area contributed by atoms with E-state index in [4.69, 9.17) is 11.6 Å². The number of hydrogen-bond donors (Lipinski definition) is 1. The van der Waals surface area contributed by atoms with Crippen LogP contribution in [0.4, 0.5) is 0 Å². The first kappa shape index (κ1) is 21.4. The molecule has 0 saturated heterocycles. The smallest absolute Gasteiger partial charge is 0.337 e. The maximum absolute atomic E-state index is 12.7. The van der Waals surface area contributed by atoms with Gasteiger partial charge in [-0.05, 0) is 42.8 Å². The second kappa shape index (κ2) is 9.04. The average Bonchev–Trinajstić information content (AvgIpc) is 3.20. The number of esters is 1. The molecule has 0 unspecified atom stereocenters. The molecule has 2 aromatic carbocycles. The van der Waals surface area contributed by atoms with Gasteiger partial charge < -0.3 is 10.1 Å². The molecule has 156 valence electrons. The number of nitrogens with zero attached hydrogens (tertiary/aromatic N) is 4. The van der Waals surface area contributed by atoms with Gasteiger partial charge >= 0.3 is 5.97 Å². The minimum Gasteiger partial charge on any atom is -0.465 e. The maximum atomic E-state index is 12.7. The number of ether oxygens (including phenoxy) is 1. The van der Waals surface area contributed by atoms with Crippen molar-refractivity contribution in [1.29, 1.82) is 0 Å². The molecule has 0 fully saturated rings. The molecule has 0 aliphatic rings. The van der Waals surface area contributed by atoms with Crippen molar-refractivity contribution >= 4 is 23.5 Å². The Morgan fingerprint density at radius 3 is 2.50 bits per heavy atom. The Morgan fingerprint density at radius 1 is 1.13 bits per heavy atom. The number of nitrogens with one attached hydrogen (secondary N) is 1. The van der Waals surface area contributed by atoms with Crippen LogP contribution in [0.25, 0.3) is 11.4 Å². The molecule has 0 spiro atoms. The summed E-state index contributed by atoms with van der Waals surface area (Å²) in [6.45, 7) is 4.20. The van der Waals surface area contributed by atoms with E-state index < -0.39 is 11.4 Å². The van der Waals surface area contributed by atoms with Crippen molar-refractivity contribution in [2.24, 2.45) is 5.41 Å². The lowest BCUT2D eigenvalue weighted by Crippen LogP contribution is -2.39. The number of amides is 1. The monoisotopic (exact) mass is 427 g/mol. The van der Waals surface area contributed by atoms with E-state index >= 15 is 0 Å². The maximum Gasteiger partial charge on any atom is 0.337 e. The molecule has 0 atom stereocenters. The lowest BCUT2D eigenvalue weighted by molar-refractivity contribution is -0.130. The summed E-state index contributed by atoms with van der Waals surface area (Å²) in [5.41, 5.74) is 1.22. The molecule has 8 nitrogen and oxygen atoms in total. The second-order valence-electron chi connectivity index (χ2n) is 7.37. The molecular weight excluding hydrogens is 406 g/mol. The Hall–Kier alpha value is -3.26. The van der Waals surface area contributed by atoms with Gasteiger partial charge in [0, 0.05) is 17.1 Å². The molecule has 1 amide bonds. The molecule has 3 rings (SSSR count). The minimum absolute atomic E-state index is 0.149. The van der Waals surface area contributed by atoms with Crippen LogP contribution in [-0.4, -0.2) is 39.2 Å². The van der Waals surface area contributed by atoms with Gasteiger partial charge in [-0.1, -0.05) is 41.9 Å². The molecule has 0 radical (unpaired) electrons. The van der Waals surface area contributed by atoms with Gasteiger partial charge in [0.25, 0.3) is 0 Å². The SMILES string of the molecule is COC(=O)c1ccc(-c2nnn(CC(C)(C)C(=O)NCc3ccccc3Cl)n2)cc1.